The molecule has 0 saturated carbocycles. The van der Waals surface area contributed by atoms with Crippen molar-refractivity contribution in [1.82, 2.24) is 0 Å². The van der Waals surface area contributed by atoms with Gasteiger partial charge in [0.15, 0.2) is 0 Å². The van der Waals surface area contributed by atoms with Gasteiger partial charge in [0.25, 0.3) is 8.32 Å². The molecule has 0 N–H and O–H groups in total. The number of unbranched alkanes of at least 4 members (excludes halogenated alkanes) is 24. The molecule has 0 aliphatic carbocycles. The Labute approximate surface area is 289 Å². The van der Waals surface area contributed by atoms with Crippen LogP contribution >= 0.6 is 0 Å². The van der Waals surface area contributed by atoms with Crippen LogP contribution in [-0.2, 0) is 18.8 Å². The fraction of sp³-hybridized carbons (Fsp3) is 0.902. The molecule has 0 aromatic heterocycles. The van der Waals surface area contributed by atoms with E-state index in [1.165, 1.54) is 173 Å². The Morgan fingerprint density at radius 2 is 0.761 bits per heavy atom. The molecule has 46 heavy (non-hydrogen) atoms. The van der Waals surface area contributed by atoms with E-state index in [0.717, 1.165) is 31.0 Å². The van der Waals surface area contributed by atoms with Crippen molar-refractivity contribution >= 4 is 20.3 Å². The number of carbonyl (C=O) groups is 2. The maximum atomic E-state index is 13.5. The van der Waals surface area contributed by atoms with Crippen LogP contribution in [-0.4, -0.2) is 26.9 Å². The van der Waals surface area contributed by atoms with E-state index in [1.807, 2.05) is 0 Å². The minimum atomic E-state index is -2.28. The first-order valence-corrected chi connectivity index (χ1v) is 23.1. The molecule has 0 unspecified atom stereocenters. The standard InChI is InChI=1S/C41H80O4Si/c1-6-10-14-18-22-23-24-25-26-30-34-44-40(42)38-39(5)41(43)45-46(35-31-27-19-15-11-7-2,36-32-28-20-16-12-8-3)37-33-29-21-17-13-9-4/h38H,6-37H2,1-5H3/b39-38-. The van der Waals surface area contributed by atoms with Gasteiger partial charge >= 0.3 is 11.9 Å². The van der Waals surface area contributed by atoms with Crippen molar-refractivity contribution in [2.45, 2.75) is 233 Å². The van der Waals surface area contributed by atoms with Crippen molar-refractivity contribution in [1.29, 1.82) is 0 Å². The van der Waals surface area contributed by atoms with E-state index in [1.54, 1.807) is 6.92 Å². The van der Waals surface area contributed by atoms with Crippen molar-refractivity contribution < 1.29 is 18.8 Å². The summed E-state index contributed by atoms with van der Waals surface area (Å²) in [6, 6.07) is 3.22. The van der Waals surface area contributed by atoms with Crippen LogP contribution in [0.5, 0.6) is 0 Å². The zero-order chi connectivity index (χ0) is 34.0. The molecule has 0 aromatic carbocycles. The fourth-order valence-electron chi connectivity index (χ4n) is 6.53. The van der Waals surface area contributed by atoms with Crippen LogP contribution in [0.15, 0.2) is 11.6 Å². The molecule has 4 nitrogen and oxygen atoms in total. The van der Waals surface area contributed by atoms with Gasteiger partial charge in [0, 0.05) is 11.6 Å². The molecule has 0 saturated heterocycles. The Hall–Kier alpha value is -1.10. The second-order valence-corrected chi connectivity index (χ2v) is 18.4. The molecule has 0 spiro atoms. The van der Waals surface area contributed by atoms with E-state index >= 15 is 0 Å². The number of ether oxygens (including phenoxy) is 1. The van der Waals surface area contributed by atoms with E-state index in [4.69, 9.17) is 9.16 Å². The van der Waals surface area contributed by atoms with Crippen LogP contribution in [0, 0.1) is 0 Å². The number of hydrogen-bond acceptors (Lipinski definition) is 4. The van der Waals surface area contributed by atoms with Crippen molar-refractivity contribution in [3.63, 3.8) is 0 Å². The molecule has 272 valence electrons. The summed E-state index contributed by atoms with van der Waals surface area (Å²) in [6.45, 7) is 11.2. The lowest BCUT2D eigenvalue weighted by Gasteiger charge is -2.32. The molecule has 0 fully saturated rings. The van der Waals surface area contributed by atoms with Gasteiger partial charge in [0.1, 0.15) is 0 Å². The number of hydrogen-bond donors (Lipinski definition) is 0. The summed E-state index contributed by atoms with van der Waals surface area (Å²) in [4.78, 5) is 26.1. The zero-order valence-electron chi connectivity index (χ0n) is 31.8. The second-order valence-electron chi connectivity index (χ2n) is 14.3. The van der Waals surface area contributed by atoms with Gasteiger partial charge in [-0.1, -0.05) is 201 Å². The summed E-state index contributed by atoms with van der Waals surface area (Å²) >= 11 is 0. The Kier molecular flexibility index (Phi) is 33.0. The summed E-state index contributed by atoms with van der Waals surface area (Å²) in [6.07, 6.45) is 36.6. The lowest BCUT2D eigenvalue weighted by molar-refractivity contribution is -0.139. The third kappa shape index (κ3) is 28.0. The van der Waals surface area contributed by atoms with E-state index in [0.29, 0.717) is 12.2 Å². The largest absolute Gasteiger partial charge is 0.516 e. The first-order chi connectivity index (χ1) is 22.4. The molecular weight excluding hydrogens is 585 g/mol. The first kappa shape index (κ1) is 44.9. The molecule has 0 aromatic rings. The lowest BCUT2D eigenvalue weighted by Crippen LogP contribution is -2.40. The Bertz CT molecular complexity index is 678. The topological polar surface area (TPSA) is 52.6 Å². The third-order valence-electron chi connectivity index (χ3n) is 9.67. The van der Waals surface area contributed by atoms with E-state index in [9.17, 15) is 9.59 Å². The van der Waals surface area contributed by atoms with Gasteiger partial charge in [-0.15, -0.1) is 0 Å². The van der Waals surface area contributed by atoms with Crippen molar-refractivity contribution in [2.75, 3.05) is 6.61 Å². The van der Waals surface area contributed by atoms with Crippen LogP contribution in [0.3, 0.4) is 0 Å². The van der Waals surface area contributed by atoms with Crippen molar-refractivity contribution in [3.8, 4) is 0 Å². The molecular formula is C41H80O4Si. The summed E-state index contributed by atoms with van der Waals surface area (Å²) in [5.74, 6) is -0.675. The van der Waals surface area contributed by atoms with Crippen molar-refractivity contribution in [3.05, 3.63) is 11.6 Å². The lowest BCUT2D eigenvalue weighted by atomic mass is 10.1. The van der Waals surface area contributed by atoms with Gasteiger partial charge < -0.3 is 9.16 Å². The van der Waals surface area contributed by atoms with E-state index in [2.05, 4.69) is 27.7 Å². The quantitative estimate of drug-likeness (QED) is 0.0293. The van der Waals surface area contributed by atoms with E-state index < -0.39 is 14.3 Å². The van der Waals surface area contributed by atoms with E-state index in [-0.39, 0.29) is 5.97 Å². The first-order valence-electron chi connectivity index (χ1n) is 20.5. The smallest absolute Gasteiger partial charge is 0.331 e. The molecule has 0 heterocycles. The highest BCUT2D eigenvalue weighted by atomic mass is 28.4. The summed E-state index contributed by atoms with van der Waals surface area (Å²) in [5.41, 5.74) is 0.402. The maximum Gasteiger partial charge on any atom is 0.331 e. The third-order valence-corrected chi connectivity index (χ3v) is 14.1. The Morgan fingerprint density at radius 1 is 0.457 bits per heavy atom. The van der Waals surface area contributed by atoms with Crippen LogP contribution in [0.1, 0.15) is 214 Å². The minimum Gasteiger partial charge on any atom is -0.516 e. The highest BCUT2D eigenvalue weighted by Crippen LogP contribution is 2.32. The number of esters is 1. The highest BCUT2D eigenvalue weighted by Gasteiger charge is 2.37. The average molecular weight is 665 g/mol. The maximum absolute atomic E-state index is 13.5. The van der Waals surface area contributed by atoms with Crippen LogP contribution in [0.25, 0.3) is 0 Å². The van der Waals surface area contributed by atoms with Gasteiger partial charge in [-0.2, -0.15) is 0 Å². The van der Waals surface area contributed by atoms with Gasteiger partial charge in [0.05, 0.1) is 6.61 Å². The molecule has 0 radical (unpaired) electrons. The zero-order valence-corrected chi connectivity index (χ0v) is 32.8. The fourth-order valence-corrected chi connectivity index (χ4v) is 10.8. The molecule has 0 aliphatic heterocycles. The molecule has 0 bridgehead atoms. The van der Waals surface area contributed by atoms with Gasteiger partial charge in [-0.05, 0) is 31.5 Å². The molecule has 0 aliphatic rings. The molecule has 0 atom stereocenters. The van der Waals surface area contributed by atoms with Crippen LogP contribution in [0.2, 0.25) is 18.1 Å². The average Bonchev–Trinajstić information content (AvgIpc) is 3.04. The molecule has 5 heteroatoms. The SMILES string of the molecule is CCCCCCCCCCCCOC(=O)/C=C(/C)C(=O)O[Si](CCCCCCCC)(CCCCCCCC)CCCCCCCC. The summed E-state index contributed by atoms with van der Waals surface area (Å²) in [5, 5.41) is 0. The van der Waals surface area contributed by atoms with Gasteiger partial charge in [0.2, 0.25) is 0 Å². The van der Waals surface area contributed by atoms with Crippen LogP contribution < -0.4 is 0 Å². The predicted molar refractivity (Wildman–Crippen MR) is 203 cm³/mol. The molecule has 0 amide bonds. The second kappa shape index (κ2) is 33.8. The predicted octanol–water partition coefficient (Wildman–Crippen LogP) is 14.0. The van der Waals surface area contributed by atoms with Crippen molar-refractivity contribution in [2.24, 2.45) is 0 Å². The monoisotopic (exact) mass is 665 g/mol. The van der Waals surface area contributed by atoms with Crippen LogP contribution in [0.4, 0.5) is 0 Å². The highest BCUT2D eigenvalue weighted by molar-refractivity contribution is 6.75. The number of carbonyl (C=O) groups excluding carboxylic acids is 2. The number of rotatable bonds is 35. The minimum absolute atomic E-state index is 0.273. The Morgan fingerprint density at radius 3 is 1.11 bits per heavy atom. The summed E-state index contributed by atoms with van der Waals surface area (Å²) < 4.78 is 12.1. The van der Waals surface area contributed by atoms with Gasteiger partial charge in [-0.3, -0.25) is 0 Å². The van der Waals surface area contributed by atoms with Gasteiger partial charge in [-0.25, -0.2) is 9.59 Å². The summed E-state index contributed by atoms with van der Waals surface area (Å²) in [7, 11) is -2.28. The Balaban J connectivity index is 5.08. The normalized spacial score (nSPS) is 12.1. The molecule has 0 rings (SSSR count).